The molecule has 1 aliphatic carbocycles. The first-order valence-electron chi connectivity index (χ1n) is 12.8. The highest BCUT2D eigenvalue weighted by atomic mass is 19.1. The Morgan fingerprint density at radius 1 is 1.21 bits per heavy atom. The summed E-state index contributed by atoms with van der Waals surface area (Å²) < 4.78 is 17.0. The van der Waals surface area contributed by atoms with Crippen molar-refractivity contribution >= 4 is 28.2 Å². The number of aromatic nitrogens is 4. The lowest BCUT2D eigenvalue weighted by molar-refractivity contribution is -0.117. The number of aryl methyl sites for hydroxylation is 1. The zero-order valence-corrected chi connectivity index (χ0v) is 21.3. The molecule has 1 amide bonds. The molecule has 4 heterocycles. The summed E-state index contributed by atoms with van der Waals surface area (Å²) in [6.07, 6.45) is 8.42. The molecule has 1 saturated heterocycles. The number of rotatable bonds is 7. The molecule has 38 heavy (non-hydrogen) atoms. The number of nitrogens with zero attached hydrogens (tertiary/aromatic N) is 5. The summed E-state index contributed by atoms with van der Waals surface area (Å²) in [5.41, 5.74) is 9.11. The lowest BCUT2D eigenvalue weighted by Crippen LogP contribution is -2.51. The molecule has 0 bridgehead atoms. The molecule has 1 aliphatic heterocycles. The van der Waals surface area contributed by atoms with Crippen LogP contribution in [0.3, 0.4) is 0 Å². The summed E-state index contributed by atoms with van der Waals surface area (Å²) >= 11 is 0. The molecule has 1 aromatic carbocycles. The van der Waals surface area contributed by atoms with E-state index < -0.39 is 5.82 Å². The molecular formula is C28H30FN7O2. The fraction of sp³-hybridized carbons (Fsp3) is 0.357. The first-order valence-corrected chi connectivity index (χ1v) is 12.8. The third-order valence-electron chi connectivity index (χ3n) is 7.88. The van der Waals surface area contributed by atoms with Gasteiger partial charge in [0.25, 0.3) is 0 Å². The predicted molar refractivity (Wildman–Crippen MR) is 143 cm³/mol. The lowest BCUT2D eigenvalue weighted by Gasteiger charge is -2.35. The van der Waals surface area contributed by atoms with Crippen LogP contribution in [0.2, 0.25) is 0 Å². The summed E-state index contributed by atoms with van der Waals surface area (Å²) in [4.78, 5) is 23.8. The van der Waals surface area contributed by atoms with E-state index >= 15 is 4.39 Å². The number of nitrogens with one attached hydrogen (secondary N) is 1. The van der Waals surface area contributed by atoms with Crippen LogP contribution in [0.1, 0.15) is 24.0 Å². The zero-order chi connectivity index (χ0) is 26.6. The van der Waals surface area contributed by atoms with Gasteiger partial charge in [0.05, 0.1) is 24.5 Å². The van der Waals surface area contributed by atoms with Gasteiger partial charge < -0.3 is 16.2 Å². The molecule has 9 nitrogen and oxygen atoms in total. The maximum atomic E-state index is 15.1. The van der Waals surface area contributed by atoms with E-state index in [0.717, 1.165) is 24.2 Å². The first-order chi connectivity index (χ1) is 18.3. The number of hydrogen-bond donors (Lipinski definition) is 3. The Balaban J connectivity index is 1.17. The minimum absolute atomic E-state index is 0.0179. The normalized spacial score (nSPS) is 21.4. The highest BCUT2D eigenvalue weighted by Crippen LogP contribution is 2.54. The number of fused-ring (bicyclic) bond motifs is 1. The Labute approximate surface area is 219 Å². The third kappa shape index (κ3) is 4.39. The van der Waals surface area contributed by atoms with E-state index in [1.807, 2.05) is 30.1 Å². The maximum Gasteiger partial charge on any atom is 0.229 e. The number of amides is 1. The van der Waals surface area contributed by atoms with E-state index in [1.165, 1.54) is 6.20 Å². The number of carbonyl (C=O) groups is 1. The molecule has 3 atom stereocenters. The SMILES string of the molecule is Cc1ccncc1-c1cc2cc(NC(=O)[C@H]3[C@H](C)[C@@H]3c3cnn(CCN4CC(O)C4)c3)ncc2c(N)c1F. The molecular weight excluding hydrogens is 485 g/mol. The Hall–Kier alpha value is -3.89. The van der Waals surface area contributed by atoms with Crippen LogP contribution in [0, 0.1) is 24.6 Å². The third-order valence-corrected chi connectivity index (χ3v) is 7.88. The average molecular weight is 516 g/mol. The molecule has 4 aromatic rings. The van der Waals surface area contributed by atoms with Crippen LogP contribution in [-0.2, 0) is 11.3 Å². The first kappa shape index (κ1) is 24.4. The Kier molecular flexibility index (Phi) is 6.08. The van der Waals surface area contributed by atoms with Crippen LogP contribution >= 0.6 is 0 Å². The van der Waals surface area contributed by atoms with E-state index in [9.17, 15) is 9.90 Å². The second kappa shape index (κ2) is 9.45. The minimum Gasteiger partial charge on any atom is -0.396 e. The Bertz CT molecular complexity index is 1530. The number of halogens is 1. The molecule has 6 rings (SSSR count). The summed E-state index contributed by atoms with van der Waals surface area (Å²) in [7, 11) is 0. The van der Waals surface area contributed by atoms with Crippen molar-refractivity contribution in [3.05, 3.63) is 66.1 Å². The largest absolute Gasteiger partial charge is 0.396 e. The number of benzene rings is 1. The van der Waals surface area contributed by atoms with Crippen molar-refractivity contribution in [2.75, 3.05) is 30.7 Å². The smallest absolute Gasteiger partial charge is 0.229 e. The quantitative estimate of drug-likeness (QED) is 0.323. The molecule has 0 unspecified atom stereocenters. The number of carbonyl (C=O) groups excluding carboxylic acids is 1. The van der Waals surface area contributed by atoms with Crippen LogP contribution in [0.5, 0.6) is 0 Å². The minimum atomic E-state index is -0.509. The number of hydrogen-bond acceptors (Lipinski definition) is 7. The van der Waals surface area contributed by atoms with Crippen LogP contribution in [-0.4, -0.2) is 61.4 Å². The van der Waals surface area contributed by atoms with Gasteiger partial charge in [0, 0.05) is 72.8 Å². The van der Waals surface area contributed by atoms with Crippen LogP contribution in [0.15, 0.2) is 49.2 Å². The number of likely N-dealkylation sites (tertiary alicyclic amines) is 1. The van der Waals surface area contributed by atoms with Crippen molar-refractivity contribution in [2.45, 2.75) is 32.4 Å². The topological polar surface area (TPSA) is 122 Å². The van der Waals surface area contributed by atoms with Gasteiger partial charge in [-0.25, -0.2) is 9.37 Å². The maximum absolute atomic E-state index is 15.1. The van der Waals surface area contributed by atoms with E-state index in [2.05, 4.69) is 32.2 Å². The van der Waals surface area contributed by atoms with Crippen molar-refractivity contribution in [3.8, 4) is 11.1 Å². The van der Waals surface area contributed by atoms with Gasteiger partial charge in [-0.2, -0.15) is 5.10 Å². The summed E-state index contributed by atoms with van der Waals surface area (Å²) in [6, 6.07) is 5.27. The molecule has 196 valence electrons. The van der Waals surface area contributed by atoms with Gasteiger partial charge in [0.2, 0.25) is 5.91 Å². The number of β-amino-alcohol motifs (C(OH)–C–C–N with tert-alkyl or cyclic N) is 1. The summed E-state index contributed by atoms with van der Waals surface area (Å²) in [5.74, 6) is -0.112. The van der Waals surface area contributed by atoms with Gasteiger partial charge in [-0.15, -0.1) is 0 Å². The van der Waals surface area contributed by atoms with Crippen molar-refractivity contribution in [1.82, 2.24) is 24.6 Å². The lowest BCUT2D eigenvalue weighted by atomic mass is 9.98. The van der Waals surface area contributed by atoms with E-state index in [0.29, 0.717) is 40.8 Å². The molecule has 2 aliphatic rings. The highest BCUT2D eigenvalue weighted by Gasteiger charge is 2.53. The zero-order valence-electron chi connectivity index (χ0n) is 21.3. The van der Waals surface area contributed by atoms with Crippen molar-refractivity contribution in [3.63, 3.8) is 0 Å². The van der Waals surface area contributed by atoms with Gasteiger partial charge in [-0.3, -0.25) is 19.4 Å². The summed E-state index contributed by atoms with van der Waals surface area (Å²) in [6.45, 7) is 6.97. The van der Waals surface area contributed by atoms with Gasteiger partial charge in [0.1, 0.15) is 5.82 Å². The monoisotopic (exact) mass is 515 g/mol. The standard InChI is InChI=1S/C28H30FN7O2/c1-15-3-4-31-10-21(15)20-7-17-8-23(32-11-22(17)27(30)26(20)29)34-28(38)25-16(2)24(25)18-9-33-36(12-18)6-5-35-13-19(37)14-35/h3-4,7-12,16,19,24-25,37H,5-6,13-14,30H2,1-2H3,(H,32,34,38)/t16-,24-,25+/m1/s1. The van der Waals surface area contributed by atoms with Crippen LogP contribution in [0.4, 0.5) is 15.9 Å². The predicted octanol–water partition coefficient (Wildman–Crippen LogP) is 3.19. The van der Waals surface area contributed by atoms with Gasteiger partial charge >= 0.3 is 0 Å². The van der Waals surface area contributed by atoms with Crippen molar-refractivity contribution in [1.29, 1.82) is 0 Å². The molecule has 0 radical (unpaired) electrons. The number of nitrogen functional groups attached to an aromatic ring is 1. The Morgan fingerprint density at radius 3 is 2.79 bits per heavy atom. The number of aliphatic hydroxyl groups is 1. The summed E-state index contributed by atoms with van der Waals surface area (Å²) in [5, 5.41) is 18.0. The number of anilines is 2. The second-order valence-electron chi connectivity index (χ2n) is 10.5. The highest BCUT2D eigenvalue weighted by molar-refractivity contribution is 6.00. The molecule has 1 saturated carbocycles. The van der Waals surface area contributed by atoms with Gasteiger partial charge in [0.15, 0.2) is 5.82 Å². The van der Waals surface area contributed by atoms with Gasteiger partial charge in [-0.05, 0) is 47.6 Å². The Morgan fingerprint density at radius 2 is 2.03 bits per heavy atom. The van der Waals surface area contributed by atoms with Gasteiger partial charge in [-0.1, -0.05) is 6.92 Å². The van der Waals surface area contributed by atoms with Crippen molar-refractivity contribution < 1.29 is 14.3 Å². The van der Waals surface area contributed by atoms with Crippen LogP contribution < -0.4 is 11.1 Å². The second-order valence-corrected chi connectivity index (χ2v) is 10.5. The van der Waals surface area contributed by atoms with E-state index in [4.69, 9.17) is 5.73 Å². The van der Waals surface area contributed by atoms with E-state index in [-0.39, 0.29) is 35.5 Å². The molecule has 2 fully saturated rings. The number of nitrogens with two attached hydrogens (primary N) is 1. The van der Waals surface area contributed by atoms with E-state index in [1.54, 1.807) is 24.5 Å². The van der Waals surface area contributed by atoms with Crippen LogP contribution in [0.25, 0.3) is 21.9 Å². The molecule has 4 N–H and O–H groups in total. The fourth-order valence-electron chi connectivity index (χ4n) is 5.54. The number of aliphatic hydroxyl groups excluding tert-OH is 1. The number of pyridine rings is 2. The molecule has 3 aromatic heterocycles. The molecule has 10 heteroatoms. The average Bonchev–Trinajstić information content (AvgIpc) is 3.33. The fourth-order valence-corrected chi connectivity index (χ4v) is 5.54. The molecule has 0 spiro atoms. The van der Waals surface area contributed by atoms with Crippen molar-refractivity contribution in [2.24, 2.45) is 11.8 Å².